The topological polar surface area (TPSA) is 64.3 Å². The maximum Gasteiger partial charge on any atom is 0.238 e. The van der Waals surface area contributed by atoms with Gasteiger partial charge < -0.3 is 4.74 Å². The third-order valence-electron chi connectivity index (χ3n) is 2.79. The second-order valence-corrected chi connectivity index (χ2v) is 5.37. The highest BCUT2D eigenvalue weighted by Gasteiger charge is 2.03. The average Bonchev–Trinajstić information content (AvgIpc) is 2.45. The predicted octanol–water partition coefficient (Wildman–Crippen LogP) is 2.70. The number of halogens is 2. The lowest BCUT2D eigenvalue weighted by molar-refractivity contribution is -0.120. The molecule has 4 nitrogen and oxygen atoms in total. The number of nitrogens with two attached hydrogens (primary N) is 1. The molecule has 0 aliphatic rings. The fourth-order valence-electron chi connectivity index (χ4n) is 1.77. The van der Waals surface area contributed by atoms with E-state index in [2.05, 4.69) is 21.4 Å². The molecule has 0 aliphatic heterocycles. The second-order valence-electron chi connectivity index (χ2n) is 4.45. The molecule has 0 aliphatic carbocycles. The van der Waals surface area contributed by atoms with Gasteiger partial charge in [-0.15, -0.1) is 0 Å². The number of ether oxygens (including phenoxy) is 1. The van der Waals surface area contributed by atoms with Crippen molar-refractivity contribution < 1.29 is 13.9 Å². The van der Waals surface area contributed by atoms with Crippen LogP contribution in [0.15, 0.2) is 46.9 Å². The standard InChI is InChI=1S/C15H14BrFN2O2/c16-12-6-13(17)8-14(7-12)21-9-11-3-1-10(2-4-11)5-15(20)19-18/h1-4,6-8H,5,9,18H2,(H,19,20). The zero-order chi connectivity index (χ0) is 15.2. The fraction of sp³-hybridized carbons (Fsp3) is 0.133. The van der Waals surface area contributed by atoms with Gasteiger partial charge in [-0.1, -0.05) is 40.2 Å². The minimum absolute atomic E-state index is 0.231. The molecule has 0 atom stereocenters. The van der Waals surface area contributed by atoms with E-state index in [1.165, 1.54) is 12.1 Å². The summed E-state index contributed by atoms with van der Waals surface area (Å²) in [5.41, 5.74) is 3.86. The van der Waals surface area contributed by atoms with Crippen LogP contribution < -0.4 is 16.0 Å². The predicted molar refractivity (Wildman–Crippen MR) is 80.9 cm³/mol. The minimum atomic E-state index is -0.359. The van der Waals surface area contributed by atoms with Gasteiger partial charge in [0, 0.05) is 10.5 Å². The molecule has 0 saturated carbocycles. The van der Waals surface area contributed by atoms with Gasteiger partial charge in [0.05, 0.1) is 6.42 Å². The summed E-state index contributed by atoms with van der Waals surface area (Å²) in [5, 5.41) is 0. The van der Waals surface area contributed by atoms with Gasteiger partial charge in [-0.3, -0.25) is 10.2 Å². The molecule has 0 fully saturated rings. The van der Waals surface area contributed by atoms with Gasteiger partial charge in [0.15, 0.2) is 0 Å². The van der Waals surface area contributed by atoms with Crippen LogP contribution in [0.5, 0.6) is 5.75 Å². The van der Waals surface area contributed by atoms with Gasteiger partial charge in [-0.25, -0.2) is 10.2 Å². The number of amides is 1. The van der Waals surface area contributed by atoms with Crippen molar-refractivity contribution in [1.82, 2.24) is 5.43 Å². The van der Waals surface area contributed by atoms with Crippen LogP contribution in [0.25, 0.3) is 0 Å². The lowest BCUT2D eigenvalue weighted by atomic mass is 10.1. The molecule has 2 rings (SSSR count). The van der Waals surface area contributed by atoms with Crippen molar-refractivity contribution >= 4 is 21.8 Å². The van der Waals surface area contributed by atoms with Gasteiger partial charge >= 0.3 is 0 Å². The highest BCUT2D eigenvalue weighted by Crippen LogP contribution is 2.21. The van der Waals surface area contributed by atoms with Crippen LogP contribution in [0.2, 0.25) is 0 Å². The zero-order valence-electron chi connectivity index (χ0n) is 11.1. The third-order valence-corrected chi connectivity index (χ3v) is 3.25. The van der Waals surface area contributed by atoms with E-state index in [0.717, 1.165) is 11.1 Å². The van der Waals surface area contributed by atoms with E-state index >= 15 is 0 Å². The molecular formula is C15H14BrFN2O2. The monoisotopic (exact) mass is 352 g/mol. The Bertz CT molecular complexity index is 612. The van der Waals surface area contributed by atoms with Gasteiger partial charge in [-0.05, 0) is 23.3 Å². The first-order chi connectivity index (χ1) is 10.1. The van der Waals surface area contributed by atoms with Crippen LogP contribution >= 0.6 is 15.9 Å². The summed E-state index contributed by atoms with van der Waals surface area (Å²) in [4.78, 5) is 11.1. The number of benzene rings is 2. The second kappa shape index (κ2) is 7.19. The van der Waals surface area contributed by atoms with Crippen molar-refractivity contribution in [1.29, 1.82) is 0 Å². The van der Waals surface area contributed by atoms with Crippen molar-refractivity contribution in [3.8, 4) is 5.75 Å². The Balaban J connectivity index is 1.95. The van der Waals surface area contributed by atoms with E-state index in [-0.39, 0.29) is 18.1 Å². The molecule has 1 amide bonds. The number of hydrogen-bond acceptors (Lipinski definition) is 3. The lowest BCUT2D eigenvalue weighted by Crippen LogP contribution is -2.31. The molecule has 2 aromatic rings. The van der Waals surface area contributed by atoms with Crippen LogP contribution in [-0.2, 0) is 17.8 Å². The third kappa shape index (κ3) is 4.84. The Kier molecular flexibility index (Phi) is 5.30. The van der Waals surface area contributed by atoms with E-state index in [1.54, 1.807) is 6.07 Å². The molecule has 6 heteroatoms. The number of carbonyl (C=O) groups excluding carboxylic acids is 1. The molecule has 21 heavy (non-hydrogen) atoms. The van der Waals surface area contributed by atoms with Gasteiger partial charge in [0.25, 0.3) is 0 Å². The highest BCUT2D eigenvalue weighted by atomic mass is 79.9. The van der Waals surface area contributed by atoms with Crippen LogP contribution in [0.3, 0.4) is 0 Å². The molecule has 2 aromatic carbocycles. The molecule has 0 radical (unpaired) electrons. The Hall–Kier alpha value is -1.92. The first-order valence-electron chi connectivity index (χ1n) is 6.23. The number of rotatable bonds is 5. The van der Waals surface area contributed by atoms with Crippen molar-refractivity contribution in [3.05, 3.63) is 63.9 Å². The SMILES string of the molecule is NNC(=O)Cc1ccc(COc2cc(F)cc(Br)c2)cc1. The van der Waals surface area contributed by atoms with Crippen molar-refractivity contribution in [2.45, 2.75) is 13.0 Å². The summed E-state index contributed by atoms with van der Waals surface area (Å²) >= 11 is 3.21. The minimum Gasteiger partial charge on any atom is -0.489 e. The Labute approximate surface area is 130 Å². The number of hydrazine groups is 1. The van der Waals surface area contributed by atoms with Crippen LogP contribution in [0.4, 0.5) is 4.39 Å². The maximum atomic E-state index is 13.2. The Morgan fingerprint density at radius 2 is 1.86 bits per heavy atom. The molecule has 0 aromatic heterocycles. The molecule has 0 saturated heterocycles. The zero-order valence-corrected chi connectivity index (χ0v) is 12.7. The molecule has 3 N–H and O–H groups in total. The first-order valence-corrected chi connectivity index (χ1v) is 7.02. The summed E-state index contributed by atoms with van der Waals surface area (Å²) in [6.07, 6.45) is 0.231. The summed E-state index contributed by atoms with van der Waals surface area (Å²) in [5.74, 6) is 4.88. The largest absolute Gasteiger partial charge is 0.489 e. The van der Waals surface area contributed by atoms with Crippen LogP contribution in [0.1, 0.15) is 11.1 Å². The molecule has 0 bridgehead atoms. The van der Waals surface area contributed by atoms with Crippen molar-refractivity contribution in [2.75, 3.05) is 0 Å². The van der Waals surface area contributed by atoms with E-state index in [0.29, 0.717) is 16.8 Å². The number of carbonyl (C=O) groups is 1. The van der Waals surface area contributed by atoms with Crippen LogP contribution in [-0.4, -0.2) is 5.91 Å². The summed E-state index contributed by atoms with van der Waals surface area (Å²) in [6.45, 7) is 0.319. The van der Waals surface area contributed by atoms with Crippen molar-refractivity contribution in [2.24, 2.45) is 5.84 Å². The van der Waals surface area contributed by atoms with Crippen molar-refractivity contribution in [3.63, 3.8) is 0 Å². The normalized spacial score (nSPS) is 10.2. The molecular weight excluding hydrogens is 339 g/mol. The Morgan fingerprint density at radius 3 is 2.48 bits per heavy atom. The fourth-order valence-corrected chi connectivity index (χ4v) is 2.21. The molecule has 0 unspecified atom stereocenters. The van der Waals surface area contributed by atoms with Gasteiger partial charge in [-0.2, -0.15) is 0 Å². The highest BCUT2D eigenvalue weighted by molar-refractivity contribution is 9.10. The van der Waals surface area contributed by atoms with E-state index in [9.17, 15) is 9.18 Å². The smallest absolute Gasteiger partial charge is 0.238 e. The average molecular weight is 353 g/mol. The number of hydrogen-bond donors (Lipinski definition) is 2. The quantitative estimate of drug-likeness (QED) is 0.494. The summed E-state index contributed by atoms with van der Waals surface area (Å²) in [6, 6.07) is 11.8. The lowest BCUT2D eigenvalue weighted by Gasteiger charge is -2.08. The molecule has 110 valence electrons. The van der Waals surface area contributed by atoms with Crippen LogP contribution in [0, 0.1) is 5.82 Å². The first kappa shape index (κ1) is 15.5. The van der Waals surface area contributed by atoms with Gasteiger partial charge in [0.1, 0.15) is 18.2 Å². The molecule has 0 heterocycles. The van der Waals surface area contributed by atoms with E-state index in [1.807, 2.05) is 24.3 Å². The summed E-state index contributed by atoms with van der Waals surface area (Å²) in [7, 11) is 0. The number of nitrogens with one attached hydrogen (secondary N) is 1. The Morgan fingerprint density at radius 1 is 1.19 bits per heavy atom. The summed E-state index contributed by atoms with van der Waals surface area (Å²) < 4.78 is 19.4. The maximum absolute atomic E-state index is 13.2. The van der Waals surface area contributed by atoms with E-state index in [4.69, 9.17) is 10.6 Å². The van der Waals surface area contributed by atoms with Gasteiger partial charge in [0.2, 0.25) is 5.91 Å². The van der Waals surface area contributed by atoms with E-state index < -0.39 is 0 Å². The molecule has 0 spiro atoms.